The minimum atomic E-state index is -2.87. The van der Waals surface area contributed by atoms with Gasteiger partial charge in [0.05, 0.1) is 6.67 Å². The molecule has 1 aliphatic rings. The fraction of sp³-hybridized carbons (Fsp3) is 0.571. The van der Waals surface area contributed by atoms with Crippen LogP contribution in [-0.2, 0) is 0 Å². The van der Waals surface area contributed by atoms with Gasteiger partial charge in [0.25, 0.3) is 0 Å². The third kappa shape index (κ3) is 5.05. The number of alkyl halides is 3. The number of benzene rings is 1. The predicted octanol–water partition coefficient (Wildman–Crippen LogP) is 3.02. The molecular weight excluding hydrogens is 305 g/mol. The predicted molar refractivity (Wildman–Crippen MR) is 78.1 cm³/mol. The van der Waals surface area contributed by atoms with E-state index >= 15 is 0 Å². The normalized spacial score (nSPS) is 17.3. The van der Waals surface area contributed by atoms with Gasteiger partial charge >= 0.3 is 6.61 Å². The molecule has 1 aliphatic heterocycles. The number of para-hydroxylation sites is 1. The molecule has 0 radical (unpaired) electrons. The highest BCUT2D eigenvalue weighted by atomic mass is 35.5. The van der Waals surface area contributed by atoms with Crippen molar-refractivity contribution >= 4 is 12.4 Å². The zero-order valence-electron chi connectivity index (χ0n) is 11.6. The molecule has 1 heterocycles. The van der Waals surface area contributed by atoms with Crippen LogP contribution in [0.15, 0.2) is 24.3 Å². The average Bonchev–Trinajstić information content (AvgIpc) is 2.46. The van der Waals surface area contributed by atoms with Crippen molar-refractivity contribution in [3.8, 4) is 5.75 Å². The second kappa shape index (κ2) is 9.12. The SMILES string of the molecule is Cl.FCC[C@@H](c1ccccc1OC(F)F)N1CCNCC1. The Labute approximate surface area is 128 Å². The van der Waals surface area contributed by atoms with Crippen LogP contribution in [0.4, 0.5) is 13.2 Å². The Kier molecular flexibility index (Phi) is 7.85. The molecule has 2 rings (SSSR count). The summed E-state index contributed by atoms with van der Waals surface area (Å²) in [4.78, 5) is 2.11. The topological polar surface area (TPSA) is 24.5 Å². The summed E-state index contributed by atoms with van der Waals surface area (Å²) < 4.78 is 42.4. The van der Waals surface area contributed by atoms with Gasteiger partial charge in [-0.3, -0.25) is 9.29 Å². The molecule has 0 bridgehead atoms. The molecule has 1 atom stereocenters. The number of hydrogen-bond donors (Lipinski definition) is 1. The van der Waals surface area contributed by atoms with E-state index in [1.807, 2.05) is 0 Å². The van der Waals surface area contributed by atoms with E-state index in [0.29, 0.717) is 5.56 Å². The molecule has 1 fully saturated rings. The van der Waals surface area contributed by atoms with E-state index < -0.39 is 13.3 Å². The van der Waals surface area contributed by atoms with Crippen LogP contribution in [0.2, 0.25) is 0 Å². The summed E-state index contributed by atoms with van der Waals surface area (Å²) in [5.74, 6) is 0.138. The molecule has 1 saturated heterocycles. The van der Waals surface area contributed by atoms with Crippen molar-refractivity contribution in [2.24, 2.45) is 0 Å². The maximum absolute atomic E-state index is 12.8. The number of ether oxygens (including phenoxy) is 1. The van der Waals surface area contributed by atoms with Crippen LogP contribution < -0.4 is 10.1 Å². The second-order valence-electron chi connectivity index (χ2n) is 4.70. The van der Waals surface area contributed by atoms with Gasteiger partial charge in [-0.2, -0.15) is 8.78 Å². The van der Waals surface area contributed by atoms with E-state index in [4.69, 9.17) is 0 Å². The highest BCUT2D eigenvalue weighted by Crippen LogP contribution is 2.33. The number of rotatable bonds is 6. The first-order chi connectivity index (χ1) is 9.72. The van der Waals surface area contributed by atoms with Crippen LogP contribution in [0.3, 0.4) is 0 Å². The third-order valence-electron chi connectivity index (χ3n) is 3.47. The van der Waals surface area contributed by atoms with Gasteiger partial charge in [-0.15, -0.1) is 12.4 Å². The molecule has 1 aromatic carbocycles. The number of nitrogens with zero attached hydrogens (tertiary/aromatic N) is 1. The van der Waals surface area contributed by atoms with E-state index in [-0.39, 0.29) is 30.6 Å². The van der Waals surface area contributed by atoms with E-state index in [9.17, 15) is 13.2 Å². The van der Waals surface area contributed by atoms with Gasteiger partial charge < -0.3 is 10.1 Å². The van der Waals surface area contributed by atoms with Gasteiger partial charge in [-0.25, -0.2) is 0 Å². The van der Waals surface area contributed by atoms with Crippen LogP contribution in [-0.4, -0.2) is 44.4 Å². The van der Waals surface area contributed by atoms with E-state index in [1.54, 1.807) is 18.2 Å². The summed E-state index contributed by atoms with van der Waals surface area (Å²) in [5, 5.41) is 3.22. The second-order valence-corrected chi connectivity index (χ2v) is 4.70. The lowest BCUT2D eigenvalue weighted by Crippen LogP contribution is -2.45. The molecule has 21 heavy (non-hydrogen) atoms. The zero-order valence-corrected chi connectivity index (χ0v) is 12.4. The first-order valence-corrected chi connectivity index (χ1v) is 6.77. The lowest BCUT2D eigenvalue weighted by molar-refractivity contribution is -0.0513. The van der Waals surface area contributed by atoms with Crippen molar-refractivity contribution in [3.63, 3.8) is 0 Å². The molecule has 0 amide bonds. The van der Waals surface area contributed by atoms with Crippen LogP contribution in [0.1, 0.15) is 18.0 Å². The van der Waals surface area contributed by atoms with Gasteiger partial charge in [0.2, 0.25) is 0 Å². The van der Waals surface area contributed by atoms with Crippen LogP contribution in [0.5, 0.6) is 5.75 Å². The molecule has 7 heteroatoms. The fourth-order valence-electron chi connectivity index (χ4n) is 2.59. The smallest absolute Gasteiger partial charge is 0.387 e. The Bertz CT molecular complexity index is 417. The Morgan fingerprint density at radius 2 is 1.86 bits per heavy atom. The highest BCUT2D eigenvalue weighted by molar-refractivity contribution is 5.85. The molecule has 0 aliphatic carbocycles. The van der Waals surface area contributed by atoms with Crippen LogP contribution in [0, 0.1) is 0 Å². The van der Waals surface area contributed by atoms with Crippen molar-refractivity contribution < 1.29 is 17.9 Å². The summed E-state index contributed by atoms with van der Waals surface area (Å²) in [6.45, 7) is -0.175. The molecule has 0 spiro atoms. The van der Waals surface area contributed by atoms with Gasteiger partial charge in [0.15, 0.2) is 0 Å². The molecule has 0 saturated carbocycles. The van der Waals surface area contributed by atoms with Crippen molar-refractivity contribution in [3.05, 3.63) is 29.8 Å². The van der Waals surface area contributed by atoms with Crippen molar-refractivity contribution in [2.45, 2.75) is 19.1 Å². The quantitative estimate of drug-likeness (QED) is 0.870. The Morgan fingerprint density at radius 1 is 1.19 bits per heavy atom. The zero-order chi connectivity index (χ0) is 14.4. The minimum Gasteiger partial charge on any atom is -0.434 e. The maximum atomic E-state index is 12.8. The molecule has 3 nitrogen and oxygen atoms in total. The monoisotopic (exact) mass is 324 g/mol. The number of hydrogen-bond acceptors (Lipinski definition) is 3. The summed E-state index contributed by atoms with van der Waals surface area (Å²) in [6.07, 6.45) is 0.281. The van der Waals surface area contributed by atoms with E-state index in [2.05, 4.69) is 15.0 Å². The van der Waals surface area contributed by atoms with Crippen molar-refractivity contribution in [1.29, 1.82) is 0 Å². The summed E-state index contributed by atoms with van der Waals surface area (Å²) in [6, 6.07) is 6.43. The number of nitrogens with one attached hydrogen (secondary N) is 1. The molecular formula is C14H20ClF3N2O. The number of piperazine rings is 1. The molecule has 0 aromatic heterocycles. The van der Waals surface area contributed by atoms with Crippen LogP contribution in [0.25, 0.3) is 0 Å². The molecule has 1 N–H and O–H groups in total. The van der Waals surface area contributed by atoms with E-state index in [0.717, 1.165) is 26.2 Å². The Morgan fingerprint density at radius 3 is 2.48 bits per heavy atom. The van der Waals surface area contributed by atoms with Gasteiger partial charge in [0, 0.05) is 37.8 Å². The van der Waals surface area contributed by atoms with Gasteiger partial charge in [-0.1, -0.05) is 18.2 Å². The van der Waals surface area contributed by atoms with Gasteiger partial charge in [0.1, 0.15) is 5.75 Å². The fourth-order valence-corrected chi connectivity index (χ4v) is 2.59. The molecule has 0 unspecified atom stereocenters. The van der Waals surface area contributed by atoms with E-state index in [1.165, 1.54) is 6.07 Å². The standard InChI is InChI=1S/C14H19F3N2O.ClH/c15-6-5-12(19-9-7-18-8-10-19)11-3-1-2-4-13(11)20-14(16)17;/h1-4,12,14,18H,5-10H2;1H/t12-;/m0./s1. The molecule has 1 aromatic rings. The first kappa shape index (κ1) is 18.1. The summed E-state index contributed by atoms with van der Waals surface area (Å²) >= 11 is 0. The Hall–Kier alpha value is -0.980. The third-order valence-corrected chi connectivity index (χ3v) is 3.47. The van der Waals surface area contributed by atoms with Crippen molar-refractivity contribution in [1.82, 2.24) is 10.2 Å². The summed E-state index contributed by atoms with van der Waals surface area (Å²) in [7, 11) is 0. The highest BCUT2D eigenvalue weighted by Gasteiger charge is 2.25. The summed E-state index contributed by atoms with van der Waals surface area (Å²) in [5.41, 5.74) is 0.632. The lowest BCUT2D eigenvalue weighted by Gasteiger charge is -2.35. The minimum absolute atomic E-state index is 0. The van der Waals surface area contributed by atoms with Crippen LogP contribution >= 0.6 is 12.4 Å². The largest absolute Gasteiger partial charge is 0.434 e. The number of halogens is 4. The van der Waals surface area contributed by atoms with Crippen molar-refractivity contribution in [2.75, 3.05) is 32.9 Å². The lowest BCUT2D eigenvalue weighted by atomic mass is 10.0. The average molecular weight is 325 g/mol. The molecule has 120 valence electrons. The van der Waals surface area contributed by atoms with Gasteiger partial charge in [-0.05, 0) is 12.5 Å². The maximum Gasteiger partial charge on any atom is 0.387 e. The Balaban J connectivity index is 0.00000220. The first-order valence-electron chi connectivity index (χ1n) is 6.77.